The molecule has 5 nitrogen and oxygen atoms in total. The van der Waals surface area contributed by atoms with Crippen LogP contribution in [0, 0.1) is 0 Å². The molecule has 10 rings (SSSR count). The van der Waals surface area contributed by atoms with Gasteiger partial charge in [0.25, 0.3) is 0 Å². The lowest BCUT2D eigenvalue weighted by Gasteiger charge is -2.11. The summed E-state index contributed by atoms with van der Waals surface area (Å²) in [5, 5.41) is -2.39. The van der Waals surface area contributed by atoms with E-state index in [9.17, 15) is 9.60 Å². The highest BCUT2D eigenvalue weighted by atomic mass is 16.3. The molecule has 5 heteroatoms. The summed E-state index contributed by atoms with van der Waals surface area (Å²) in [6, 6.07) is -25.3. The number of hydrogen-bond acceptors (Lipinski definition) is 4. The lowest BCUT2D eigenvalue weighted by Crippen LogP contribution is -2.00. The largest absolute Gasteiger partial charge is 0.456 e. The topological polar surface area (TPSA) is 56.7 Å². The average molecular weight is 669 g/mol. The van der Waals surface area contributed by atoms with E-state index in [0.717, 1.165) is 4.57 Å². The van der Waals surface area contributed by atoms with Gasteiger partial charge in [-0.05, 0) is 59.5 Å². The maximum Gasteiger partial charge on any atom is 0.164 e. The van der Waals surface area contributed by atoms with Gasteiger partial charge in [0.05, 0.1) is 60.5 Å². The number of nitrogens with zero attached hydrogens (tertiary/aromatic N) is 4. The molecule has 0 N–H and O–H groups in total. The Hall–Kier alpha value is -6.85. The van der Waals surface area contributed by atoms with Crippen LogP contribution in [-0.4, -0.2) is 19.5 Å². The zero-order valence-corrected chi connectivity index (χ0v) is 24.7. The van der Waals surface area contributed by atoms with Gasteiger partial charge >= 0.3 is 0 Å². The van der Waals surface area contributed by atoms with Crippen LogP contribution in [0.25, 0.3) is 94.7 Å². The second-order valence-corrected chi connectivity index (χ2v) is 10.3. The summed E-state index contributed by atoms with van der Waals surface area (Å²) in [7, 11) is 0. The Morgan fingerprint density at radius 1 is 0.400 bits per heavy atom. The monoisotopic (exact) mass is 668 g/mol. The first kappa shape index (κ1) is 11.9. The normalized spacial score (nSPS) is 19.4. The molecule has 0 saturated carbocycles. The Balaban J connectivity index is 1.42. The molecule has 10 aromatic rings. The molecule has 0 fully saturated rings. The first-order valence-electron chi connectivity index (χ1n) is 28.4. The van der Waals surface area contributed by atoms with Crippen LogP contribution in [0.15, 0.2) is 174 Å². The van der Waals surface area contributed by atoms with Gasteiger partial charge in [0, 0.05) is 32.8 Å². The van der Waals surface area contributed by atoms with Crippen molar-refractivity contribution in [3.05, 3.63) is 169 Å². The van der Waals surface area contributed by atoms with Gasteiger partial charge in [-0.1, -0.05) is 121 Å². The fourth-order valence-corrected chi connectivity index (χ4v) is 5.39. The van der Waals surface area contributed by atoms with Crippen molar-refractivity contribution in [2.24, 2.45) is 0 Å². The van der Waals surface area contributed by atoms with Crippen LogP contribution in [-0.2, 0) is 0 Å². The number of fused-ring (bicyclic) bond motifs is 6. The molecule has 0 unspecified atom stereocenters. The van der Waals surface area contributed by atoms with Gasteiger partial charge in [0.15, 0.2) is 17.5 Å². The van der Waals surface area contributed by atoms with Gasteiger partial charge in [-0.15, -0.1) is 0 Å². The third kappa shape index (κ3) is 4.60. The molecule has 0 aliphatic rings. The molecule has 0 spiro atoms. The molecule has 0 saturated heterocycles. The summed E-state index contributed by atoms with van der Waals surface area (Å²) >= 11 is 0. The molecule has 0 amide bonds. The van der Waals surface area contributed by atoms with Crippen LogP contribution in [0.1, 0.15) is 38.4 Å². The van der Waals surface area contributed by atoms with Crippen LogP contribution in [0.2, 0.25) is 0 Å². The number of benzene rings is 7. The van der Waals surface area contributed by atoms with Gasteiger partial charge in [0.2, 0.25) is 0 Å². The van der Waals surface area contributed by atoms with Crippen LogP contribution in [0.4, 0.5) is 0 Å². The number of para-hydroxylation sites is 1. The number of rotatable bonds is 5. The zero-order valence-electron chi connectivity index (χ0n) is 52.7. The Morgan fingerprint density at radius 3 is 1.66 bits per heavy atom. The molecule has 0 radical (unpaired) electrons. The fraction of sp³-hybridized carbons (Fsp3) is 0. The Kier molecular flexibility index (Phi) is 2.72. The van der Waals surface area contributed by atoms with E-state index in [0.29, 0.717) is 0 Å². The third-order valence-corrected chi connectivity index (χ3v) is 7.49. The lowest BCUT2D eigenvalue weighted by atomic mass is 10.0. The van der Waals surface area contributed by atoms with E-state index in [-0.39, 0.29) is 0 Å². The lowest BCUT2D eigenvalue weighted by molar-refractivity contribution is 0.669. The van der Waals surface area contributed by atoms with E-state index in [1.54, 1.807) is 0 Å². The van der Waals surface area contributed by atoms with Crippen LogP contribution >= 0.6 is 0 Å². The highest BCUT2D eigenvalue weighted by Crippen LogP contribution is 2.40. The summed E-state index contributed by atoms with van der Waals surface area (Å²) in [5.41, 5.74) is -7.10. The maximum atomic E-state index is 9.89. The van der Waals surface area contributed by atoms with E-state index in [1.165, 1.54) is 0 Å². The Labute approximate surface area is 327 Å². The predicted octanol–water partition coefficient (Wildman–Crippen LogP) is 11.5. The van der Waals surface area contributed by atoms with Crippen molar-refractivity contribution in [1.82, 2.24) is 19.5 Å². The molecular formula is C45H28N4O. The van der Waals surface area contributed by atoms with Crippen molar-refractivity contribution in [3.8, 4) is 51.0 Å². The van der Waals surface area contributed by atoms with Gasteiger partial charge in [-0.3, -0.25) is 0 Å². The highest BCUT2D eigenvalue weighted by molar-refractivity contribution is 6.15. The predicted molar refractivity (Wildman–Crippen MR) is 203 cm³/mol. The summed E-state index contributed by atoms with van der Waals surface area (Å²) in [5.74, 6) is -2.51. The first-order valence-corrected chi connectivity index (χ1v) is 14.4. The van der Waals surface area contributed by atoms with E-state index in [2.05, 4.69) is 15.0 Å². The standard InChI is InChI=1S/C45H28N4O/c1-4-13-29(14-5-1)32-24-26-40-36(27-32)42-39(21-12-22-41(42)50-40)49-37-20-11-10-19-34(37)35-28-33(23-25-38(35)49)45-47-43(30-15-6-2-7-16-30)46-44(48-45)31-17-8-3-9-18-31/h1-28H/i1D,2D,3D,4D,5D,6D,7D,8D,9D,10D,11D,12D,13D,14D,15D,16D,17D,18D,19D,20D,21D,22D,23D,24D,25D,26D,27D,28D. The molecule has 3 aromatic heterocycles. The minimum Gasteiger partial charge on any atom is -0.456 e. The Bertz CT molecular complexity index is 4320. The second-order valence-electron chi connectivity index (χ2n) is 10.3. The van der Waals surface area contributed by atoms with Gasteiger partial charge in [-0.2, -0.15) is 0 Å². The molecule has 50 heavy (non-hydrogen) atoms. The highest BCUT2D eigenvalue weighted by Gasteiger charge is 2.20. The second kappa shape index (κ2) is 11.4. The van der Waals surface area contributed by atoms with E-state index in [4.69, 9.17) is 33.2 Å². The summed E-state index contributed by atoms with van der Waals surface area (Å²) in [6.45, 7) is 0. The van der Waals surface area contributed by atoms with Crippen LogP contribution < -0.4 is 0 Å². The summed E-state index contributed by atoms with van der Waals surface area (Å²) in [4.78, 5) is 12.8. The molecule has 3 heterocycles. The molecule has 0 aliphatic heterocycles. The zero-order chi connectivity index (χ0) is 57.4. The first-order chi connectivity index (χ1) is 36.4. The third-order valence-electron chi connectivity index (χ3n) is 7.49. The van der Waals surface area contributed by atoms with Crippen LogP contribution in [0.5, 0.6) is 0 Å². The number of aromatic nitrogens is 4. The van der Waals surface area contributed by atoms with Crippen molar-refractivity contribution in [1.29, 1.82) is 0 Å². The number of furan rings is 1. The minimum atomic E-state index is -1.04. The van der Waals surface area contributed by atoms with Crippen molar-refractivity contribution in [2.45, 2.75) is 0 Å². The molecule has 7 aromatic carbocycles. The van der Waals surface area contributed by atoms with Crippen molar-refractivity contribution in [2.75, 3.05) is 0 Å². The summed E-state index contributed by atoms with van der Waals surface area (Å²) in [6.07, 6.45) is 0. The molecule has 0 aliphatic carbocycles. The molecule has 0 atom stereocenters. The summed E-state index contributed by atoms with van der Waals surface area (Å²) < 4.78 is 254. The van der Waals surface area contributed by atoms with Crippen molar-refractivity contribution >= 4 is 43.7 Å². The van der Waals surface area contributed by atoms with E-state index >= 15 is 0 Å². The van der Waals surface area contributed by atoms with Gasteiger partial charge < -0.3 is 8.98 Å². The maximum absolute atomic E-state index is 9.89. The molecule has 0 bridgehead atoms. The van der Waals surface area contributed by atoms with Gasteiger partial charge in [0.1, 0.15) is 11.2 Å². The molecule has 234 valence electrons. The van der Waals surface area contributed by atoms with Crippen molar-refractivity contribution in [3.63, 3.8) is 0 Å². The van der Waals surface area contributed by atoms with E-state index in [1.807, 2.05) is 0 Å². The minimum absolute atomic E-state index is 0.570. The van der Waals surface area contributed by atoms with E-state index < -0.39 is 264 Å². The van der Waals surface area contributed by atoms with Crippen LogP contribution in [0.3, 0.4) is 0 Å². The quantitative estimate of drug-likeness (QED) is 0.183. The Morgan fingerprint density at radius 2 is 0.960 bits per heavy atom. The van der Waals surface area contributed by atoms with Gasteiger partial charge in [-0.25, -0.2) is 15.0 Å². The number of hydrogen-bond donors (Lipinski definition) is 0. The van der Waals surface area contributed by atoms with Crippen molar-refractivity contribution < 1.29 is 42.8 Å². The average Bonchev–Trinajstić information content (AvgIpc) is 4.09. The SMILES string of the molecule is [2H]c1c([2H])c([2H])c(-c2nc(-c3c([2H])c([2H])c([2H])c([2H])c3[2H])nc(-c3c([2H])c([2H])c4c(c3[2H])c3c([2H])c([2H])c([2H])c([2H])c3n4-c3c([2H])c([2H])c([2H])c4oc5c([2H])c([2H])c(-c6c([2H])c([2H])c([2H])c([2H])c6[2H])c([2H])c5c34)n2)c([2H])c1[2H]. The smallest absolute Gasteiger partial charge is 0.164 e. The fourth-order valence-electron chi connectivity index (χ4n) is 5.39. The molecular weight excluding hydrogens is 613 g/mol.